The zero-order valence-electron chi connectivity index (χ0n) is 43.9. The van der Waals surface area contributed by atoms with Crippen molar-refractivity contribution in [3.05, 3.63) is 87.4 Å². The fourth-order valence-electron chi connectivity index (χ4n) is 12.4. The van der Waals surface area contributed by atoms with Crippen molar-refractivity contribution in [2.45, 2.75) is 154 Å². The van der Waals surface area contributed by atoms with E-state index in [-0.39, 0.29) is 59.4 Å². The second-order valence-corrected chi connectivity index (χ2v) is 23.8. The average molecular weight is 1050 g/mol. The fourth-order valence-corrected chi connectivity index (χ4v) is 13.4. The van der Waals surface area contributed by atoms with Gasteiger partial charge in [-0.2, -0.15) is 0 Å². The number of aromatic amines is 2. The molecule has 4 unspecified atom stereocenters. The third kappa shape index (κ3) is 9.39. The highest BCUT2D eigenvalue weighted by atomic mass is 32.1. The van der Waals surface area contributed by atoms with Gasteiger partial charge >= 0.3 is 12.2 Å². The van der Waals surface area contributed by atoms with Crippen molar-refractivity contribution in [2.24, 2.45) is 17.8 Å². The number of thiazole rings is 1. The molecule has 11 atom stereocenters. The van der Waals surface area contributed by atoms with Crippen molar-refractivity contribution < 1.29 is 42.5 Å². The van der Waals surface area contributed by atoms with Crippen LogP contribution in [0.5, 0.6) is 5.75 Å². The quantitative estimate of drug-likeness (QED) is 0.0976. The maximum atomic E-state index is 17.1. The summed E-state index contributed by atoms with van der Waals surface area (Å²) in [5, 5.41) is 6.56. The number of nitrogens with zero attached hydrogens (tertiary/aromatic N) is 6. The van der Waals surface area contributed by atoms with Crippen LogP contribution in [0.3, 0.4) is 0 Å². The molecule has 11 rings (SSSR count). The van der Waals surface area contributed by atoms with Gasteiger partial charge in [-0.25, -0.2) is 28.9 Å². The van der Waals surface area contributed by atoms with Crippen molar-refractivity contribution in [1.82, 2.24) is 45.4 Å². The smallest absolute Gasteiger partial charge is 0.407 e. The number of imidazole rings is 2. The van der Waals surface area contributed by atoms with E-state index in [0.29, 0.717) is 72.4 Å². The molecule has 5 aromatic rings. The van der Waals surface area contributed by atoms with E-state index in [2.05, 4.69) is 58.4 Å². The van der Waals surface area contributed by atoms with Crippen LogP contribution >= 0.6 is 11.3 Å². The third-order valence-corrected chi connectivity index (χ3v) is 17.5. The number of halogens is 1. The highest BCUT2D eigenvalue weighted by molar-refractivity contribution is 7.11. The van der Waals surface area contributed by atoms with Gasteiger partial charge in [0.2, 0.25) is 18.0 Å². The molecule has 398 valence electrons. The van der Waals surface area contributed by atoms with Crippen molar-refractivity contribution in [2.75, 3.05) is 25.7 Å². The SMILES string of the molecule is COC(=O)NC(C(=O)N1[C@@H]2C[C@@H]2C[C@H]1c1ncc(-c2ccc3c(c2)CC2c4c(F)cc(-c5cnc([C@@H]6CCCN6C(=O)[C@@H](NC(=O)OC)C(C)C)[nH]5)cc4OC(c4cnc(C(C)(C)C)s4)N32)[nH]1)C1C[C@@H](C)O[C@@H](C)C1. The number of H-pyrrole nitrogens is 2. The van der Waals surface area contributed by atoms with E-state index in [1.54, 1.807) is 22.4 Å². The fraction of sp³-hybridized carbons (Fsp3) is 0.545. The summed E-state index contributed by atoms with van der Waals surface area (Å²) in [6.45, 7) is 14.6. The number of nitrogens with one attached hydrogen (secondary N) is 4. The molecule has 0 bridgehead atoms. The molecule has 0 spiro atoms. The number of methoxy groups -OCH3 is 2. The number of carbonyl (C=O) groups is 4. The summed E-state index contributed by atoms with van der Waals surface area (Å²) in [6.07, 6.45) is 8.27. The maximum Gasteiger partial charge on any atom is 0.407 e. The van der Waals surface area contributed by atoms with E-state index in [0.717, 1.165) is 51.7 Å². The largest absolute Gasteiger partial charge is 0.465 e. The summed E-state index contributed by atoms with van der Waals surface area (Å²) in [4.78, 5) is 81.7. The van der Waals surface area contributed by atoms with E-state index in [1.807, 2.05) is 57.1 Å². The Kier molecular flexibility index (Phi) is 13.2. The highest BCUT2D eigenvalue weighted by Gasteiger charge is 2.57. The molecule has 3 saturated heterocycles. The first-order valence-electron chi connectivity index (χ1n) is 26.3. The standard InChI is InChI=1S/C55H67FN10O8S/c1-26(2)45(62-53(69)71-8)49(67)64-14-10-11-38(64)47-57-24-36(61-47)30-18-34(56)44-40-20-31-17-29(12-13-37(31)66(40)51(74-42(44)22-30)43-25-59-52(75-43)55(5,6)7)35-23-58-48(60-35)41-21-32-19-39(32)65(41)50(68)46(63-54(70)72-9)33-15-27(3)73-28(4)16-33/h12-13,17-18,22-28,32-33,38-41,45-46,51H,10-11,14-16,19-21H2,1-9H3,(H,57,61)(H,58,60)(H,62,69)(H,63,70)/t27-,28+,32-,33?,38+,39-,40?,41+,45+,46?,51?/m1/s1. The molecule has 0 radical (unpaired) electrons. The number of piperidine rings is 1. The summed E-state index contributed by atoms with van der Waals surface area (Å²) >= 11 is 1.59. The zero-order valence-corrected chi connectivity index (χ0v) is 44.8. The predicted octanol–water partition coefficient (Wildman–Crippen LogP) is 9.19. The van der Waals surface area contributed by atoms with Gasteiger partial charge in [-0.15, -0.1) is 11.3 Å². The minimum absolute atomic E-state index is 0.0482. The van der Waals surface area contributed by atoms with Gasteiger partial charge in [0.15, 0.2) is 0 Å². The molecule has 75 heavy (non-hydrogen) atoms. The van der Waals surface area contributed by atoms with Crippen LogP contribution in [0.2, 0.25) is 0 Å². The second kappa shape index (κ2) is 19.5. The minimum Gasteiger partial charge on any atom is -0.465 e. The molecule has 6 aliphatic rings. The Morgan fingerprint density at radius 1 is 0.840 bits per heavy atom. The van der Waals surface area contributed by atoms with Crippen LogP contribution in [-0.2, 0) is 35.6 Å². The topological polar surface area (TPSA) is 209 Å². The van der Waals surface area contributed by atoms with Gasteiger partial charge in [-0.05, 0) is 112 Å². The minimum atomic E-state index is -0.775. The predicted molar refractivity (Wildman–Crippen MR) is 277 cm³/mol. The van der Waals surface area contributed by atoms with E-state index in [1.165, 1.54) is 20.3 Å². The van der Waals surface area contributed by atoms with Crippen molar-refractivity contribution >= 4 is 41.0 Å². The molecule has 4 fully saturated rings. The summed E-state index contributed by atoms with van der Waals surface area (Å²) < 4.78 is 39.9. The molecule has 2 aromatic carbocycles. The Bertz CT molecular complexity index is 3010. The van der Waals surface area contributed by atoms with Gasteiger partial charge in [-0.1, -0.05) is 40.7 Å². The lowest BCUT2D eigenvalue weighted by Crippen LogP contribution is -2.55. The van der Waals surface area contributed by atoms with Crippen molar-refractivity contribution in [3.63, 3.8) is 0 Å². The Hall–Kier alpha value is -6.54. The molecule has 4 N–H and O–H groups in total. The number of anilines is 1. The van der Waals surface area contributed by atoms with Crippen LogP contribution in [0, 0.1) is 23.6 Å². The van der Waals surface area contributed by atoms with Crippen molar-refractivity contribution in [1.29, 1.82) is 0 Å². The first kappa shape index (κ1) is 50.6. The number of hydrogen-bond acceptors (Lipinski definition) is 13. The number of aromatic nitrogens is 5. The van der Waals surface area contributed by atoms with E-state index in [9.17, 15) is 19.2 Å². The number of hydrogen-bond donors (Lipinski definition) is 4. The van der Waals surface area contributed by atoms with Gasteiger partial charge in [-0.3, -0.25) is 9.59 Å². The summed E-state index contributed by atoms with van der Waals surface area (Å²) in [7, 11) is 2.58. The average Bonchev–Trinajstić information content (AvgIpc) is 4.15. The number of rotatable bonds is 11. The van der Waals surface area contributed by atoms with Gasteiger partial charge in [0.25, 0.3) is 0 Å². The molecular weight excluding hydrogens is 980 g/mol. The molecule has 3 aromatic heterocycles. The van der Waals surface area contributed by atoms with Crippen LogP contribution in [0.15, 0.2) is 48.9 Å². The van der Waals surface area contributed by atoms with Crippen molar-refractivity contribution in [3.8, 4) is 28.3 Å². The van der Waals surface area contributed by atoms with Crippen LogP contribution in [0.1, 0.15) is 144 Å². The summed E-state index contributed by atoms with van der Waals surface area (Å²) in [5.74, 6) is 1.02. The second-order valence-electron chi connectivity index (χ2n) is 22.7. The number of benzene rings is 2. The number of fused-ring (bicyclic) bond motifs is 6. The van der Waals surface area contributed by atoms with Crippen LogP contribution in [0.25, 0.3) is 22.5 Å². The molecule has 8 heterocycles. The number of likely N-dealkylation sites (tertiary alicyclic amines) is 2. The molecule has 20 heteroatoms. The molecular formula is C55H67FN10O8S. The van der Waals surface area contributed by atoms with E-state index >= 15 is 4.39 Å². The lowest BCUT2D eigenvalue weighted by atomic mass is 9.85. The molecule has 5 aliphatic heterocycles. The Morgan fingerprint density at radius 3 is 2.21 bits per heavy atom. The summed E-state index contributed by atoms with van der Waals surface area (Å²) in [5.41, 5.74) is 5.03. The first-order chi connectivity index (χ1) is 35.9. The third-order valence-electron chi connectivity index (χ3n) is 16.1. The molecule has 1 saturated carbocycles. The van der Waals surface area contributed by atoms with Gasteiger partial charge < -0.3 is 54.2 Å². The Morgan fingerprint density at radius 2 is 1.53 bits per heavy atom. The molecule has 1 aliphatic carbocycles. The Labute approximate surface area is 439 Å². The monoisotopic (exact) mass is 1050 g/mol. The van der Waals surface area contributed by atoms with Gasteiger partial charge in [0, 0.05) is 35.4 Å². The van der Waals surface area contributed by atoms with Crippen LogP contribution < -0.4 is 20.3 Å². The number of ether oxygens (including phenoxy) is 4. The van der Waals surface area contributed by atoms with Gasteiger partial charge in [0.1, 0.15) is 35.3 Å². The normalized spacial score (nSPS) is 26.4. The first-order valence-corrected chi connectivity index (χ1v) is 27.2. The highest BCUT2D eigenvalue weighted by Crippen LogP contribution is 2.56. The summed E-state index contributed by atoms with van der Waals surface area (Å²) in [6, 6.07) is 7.14. The van der Waals surface area contributed by atoms with Crippen LogP contribution in [-0.4, -0.2) is 110 Å². The Balaban J connectivity index is 0.877. The maximum absolute atomic E-state index is 17.1. The zero-order chi connectivity index (χ0) is 52.8. The van der Waals surface area contributed by atoms with E-state index in [4.69, 9.17) is 33.9 Å². The molecule has 18 nitrogen and oxygen atoms in total. The van der Waals surface area contributed by atoms with Crippen LogP contribution in [0.4, 0.5) is 19.7 Å². The number of alkyl carbamates (subject to hydrolysis) is 2. The van der Waals surface area contributed by atoms with E-state index < -0.39 is 42.4 Å². The van der Waals surface area contributed by atoms with Gasteiger partial charge in [0.05, 0.1) is 83.8 Å². The number of amides is 4. The lowest BCUT2D eigenvalue weighted by molar-refractivity contribution is -0.140. The lowest BCUT2D eigenvalue weighted by Gasteiger charge is -2.40. The molecule has 4 amide bonds. The number of carbonyl (C=O) groups excluding carboxylic acids is 4.